The van der Waals surface area contributed by atoms with Gasteiger partial charge in [-0.15, -0.1) is 6.58 Å². The number of aliphatic hydroxyl groups is 5. The first kappa shape index (κ1) is 24.7. The molecule has 2 fully saturated rings. The van der Waals surface area contributed by atoms with Crippen molar-refractivity contribution in [2.45, 2.75) is 101 Å². The Bertz CT molecular complexity index is 476. The van der Waals surface area contributed by atoms with Crippen molar-refractivity contribution in [2.75, 3.05) is 13.2 Å². The van der Waals surface area contributed by atoms with Crippen LogP contribution in [0.2, 0.25) is 0 Å². The zero-order chi connectivity index (χ0) is 21.4. The zero-order valence-corrected chi connectivity index (χ0v) is 17.3. The number of allylic oxidation sites excluding steroid dienone is 1. The fraction of sp³-hybridized carbons (Fsp3) is 0.905. The number of ether oxygens (including phenoxy) is 3. The van der Waals surface area contributed by atoms with E-state index >= 15 is 0 Å². The molecular weight excluding hydrogens is 380 g/mol. The molecule has 2 aliphatic rings. The van der Waals surface area contributed by atoms with Gasteiger partial charge in [0, 0.05) is 0 Å². The number of hydrogen-bond acceptors (Lipinski definition) is 8. The van der Waals surface area contributed by atoms with Gasteiger partial charge in [0.05, 0.1) is 19.3 Å². The Morgan fingerprint density at radius 2 is 1.55 bits per heavy atom. The monoisotopic (exact) mass is 418 g/mol. The lowest BCUT2D eigenvalue weighted by Crippen LogP contribution is -2.38. The number of hydrogen-bond donors (Lipinski definition) is 5. The summed E-state index contributed by atoms with van der Waals surface area (Å²) in [5, 5.41) is 49.5. The predicted molar refractivity (Wildman–Crippen MR) is 106 cm³/mol. The van der Waals surface area contributed by atoms with E-state index in [-0.39, 0.29) is 12.5 Å². The summed E-state index contributed by atoms with van der Waals surface area (Å²) in [6.45, 7) is 5.19. The van der Waals surface area contributed by atoms with Crippen LogP contribution in [0.5, 0.6) is 0 Å². The van der Waals surface area contributed by atoms with Crippen molar-refractivity contribution < 1.29 is 39.7 Å². The van der Waals surface area contributed by atoms with Gasteiger partial charge < -0.3 is 39.7 Å². The van der Waals surface area contributed by atoms with Crippen molar-refractivity contribution in [2.24, 2.45) is 5.92 Å². The summed E-state index contributed by atoms with van der Waals surface area (Å²) < 4.78 is 16.5. The predicted octanol–water partition coefficient (Wildman–Crippen LogP) is 0.484. The number of rotatable bonds is 13. The van der Waals surface area contributed by atoms with Gasteiger partial charge in [-0.3, -0.25) is 0 Å². The smallest absolute Gasteiger partial charge is 0.186 e. The normalized spacial score (nSPS) is 38.4. The standard InChI is InChI=1S/C21H38O8/c1-3-4-5-6-7-8-9-10-13(2)20-18(25)17(24)15(28-20)12-27-21-19(26)16(23)14(11-22)29-21/h3,13-26H,1,4-12H2,2H3/t13?,14-,15-,16-,17-,18+,19+,20-,21+/m1/s1. The molecule has 0 aromatic carbocycles. The molecule has 0 aromatic heterocycles. The Kier molecular flexibility index (Phi) is 10.5. The molecule has 0 spiro atoms. The molecule has 5 N–H and O–H groups in total. The first-order chi connectivity index (χ1) is 13.9. The van der Waals surface area contributed by atoms with Crippen molar-refractivity contribution in [3.63, 3.8) is 0 Å². The van der Waals surface area contributed by atoms with E-state index in [4.69, 9.17) is 19.3 Å². The van der Waals surface area contributed by atoms with E-state index in [2.05, 4.69) is 6.58 Å². The molecular formula is C21H38O8. The van der Waals surface area contributed by atoms with Crippen LogP contribution in [-0.2, 0) is 14.2 Å². The van der Waals surface area contributed by atoms with Crippen LogP contribution in [0.1, 0.15) is 51.9 Å². The van der Waals surface area contributed by atoms with Gasteiger partial charge in [0.1, 0.15) is 36.6 Å². The molecule has 8 heteroatoms. The molecule has 170 valence electrons. The lowest BCUT2D eigenvalue weighted by atomic mass is 9.92. The third-order valence-electron chi connectivity index (χ3n) is 5.95. The van der Waals surface area contributed by atoms with Gasteiger partial charge >= 0.3 is 0 Å². The van der Waals surface area contributed by atoms with Gasteiger partial charge in [-0.1, -0.05) is 38.7 Å². The second-order valence-electron chi connectivity index (χ2n) is 8.27. The molecule has 1 unspecified atom stereocenters. The first-order valence-corrected chi connectivity index (χ1v) is 10.8. The Morgan fingerprint density at radius 3 is 2.21 bits per heavy atom. The molecule has 2 aliphatic heterocycles. The highest BCUT2D eigenvalue weighted by atomic mass is 16.7. The van der Waals surface area contributed by atoms with Crippen molar-refractivity contribution >= 4 is 0 Å². The summed E-state index contributed by atoms with van der Waals surface area (Å²) in [6, 6.07) is 0. The summed E-state index contributed by atoms with van der Waals surface area (Å²) in [6.07, 6.45) is 1.72. The van der Waals surface area contributed by atoms with Crippen molar-refractivity contribution in [3.05, 3.63) is 12.7 Å². The molecule has 0 aromatic rings. The lowest BCUT2D eigenvalue weighted by Gasteiger charge is -2.22. The molecule has 0 aliphatic carbocycles. The summed E-state index contributed by atoms with van der Waals surface area (Å²) in [5.74, 6) is 0.0896. The second kappa shape index (κ2) is 12.3. The molecule has 8 nitrogen and oxygen atoms in total. The highest BCUT2D eigenvalue weighted by Crippen LogP contribution is 2.31. The second-order valence-corrected chi connectivity index (χ2v) is 8.27. The highest BCUT2D eigenvalue weighted by Gasteiger charge is 2.47. The first-order valence-electron chi connectivity index (χ1n) is 10.8. The minimum Gasteiger partial charge on any atom is -0.394 e. The maximum absolute atomic E-state index is 10.4. The quantitative estimate of drug-likeness (QED) is 0.216. The molecule has 2 rings (SSSR count). The lowest BCUT2D eigenvalue weighted by molar-refractivity contribution is -0.189. The van der Waals surface area contributed by atoms with Gasteiger partial charge in [-0.25, -0.2) is 0 Å². The zero-order valence-electron chi connectivity index (χ0n) is 17.3. The van der Waals surface area contributed by atoms with E-state index in [1.54, 1.807) is 0 Å². The molecule has 0 saturated carbocycles. The number of unbranched alkanes of at least 4 members (excludes halogenated alkanes) is 5. The summed E-state index contributed by atoms with van der Waals surface area (Å²) >= 11 is 0. The Morgan fingerprint density at radius 1 is 0.897 bits per heavy atom. The van der Waals surface area contributed by atoms with E-state index in [9.17, 15) is 20.4 Å². The third-order valence-corrected chi connectivity index (χ3v) is 5.95. The van der Waals surface area contributed by atoms with Gasteiger partial charge in [0.15, 0.2) is 6.29 Å². The molecule has 29 heavy (non-hydrogen) atoms. The fourth-order valence-electron chi connectivity index (χ4n) is 4.03. The Balaban J connectivity index is 1.71. The topological polar surface area (TPSA) is 129 Å². The van der Waals surface area contributed by atoms with Gasteiger partial charge in [0.2, 0.25) is 0 Å². The average molecular weight is 419 g/mol. The SMILES string of the molecule is C=CCCCCCCCC(C)[C@H]1O[C@H](CO[C@H]2O[C@H](CO)[C@@H](O)[C@@H]2O)[C@@H](O)[C@@H]1O. The fourth-order valence-corrected chi connectivity index (χ4v) is 4.03. The molecule has 9 atom stereocenters. The minimum atomic E-state index is -1.29. The van der Waals surface area contributed by atoms with Crippen LogP contribution in [0.3, 0.4) is 0 Å². The van der Waals surface area contributed by atoms with Crippen molar-refractivity contribution in [1.29, 1.82) is 0 Å². The van der Waals surface area contributed by atoms with Gasteiger partial charge in [-0.2, -0.15) is 0 Å². The van der Waals surface area contributed by atoms with Crippen molar-refractivity contribution in [1.82, 2.24) is 0 Å². The van der Waals surface area contributed by atoms with Crippen LogP contribution in [0.25, 0.3) is 0 Å². The molecule has 0 bridgehead atoms. The van der Waals surface area contributed by atoms with Gasteiger partial charge in [0.25, 0.3) is 0 Å². The van der Waals surface area contributed by atoms with Crippen LogP contribution in [0.4, 0.5) is 0 Å². The summed E-state index contributed by atoms with van der Waals surface area (Å²) in [5.41, 5.74) is 0. The summed E-state index contributed by atoms with van der Waals surface area (Å²) in [4.78, 5) is 0. The molecule has 0 radical (unpaired) electrons. The van der Waals surface area contributed by atoms with Crippen LogP contribution in [-0.4, -0.2) is 87.8 Å². The van der Waals surface area contributed by atoms with Crippen LogP contribution >= 0.6 is 0 Å². The number of aliphatic hydroxyl groups excluding tert-OH is 5. The maximum Gasteiger partial charge on any atom is 0.186 e. The molecule has 2 heterocycles. The van der Waals surface area contributed by atoms with Crippen LogP contribution < -0.4 is 0 Å². The third kappa shape index (κ3) is 6.70. The van der Waals surface area contributed by atoms with E-state index < -0.39 is 55.6 Å². The largest absolute Gasteiger partial charge is 0.394 e. The van der Waals surface area contributed by atoms with Crippen LogP contribution in [0, 0.1) is 5.92 Å². The molecule has 0 amide bonds. The van der Waals surface area contributed by atoms with E-state index in [0.717, 1.165) is 25.7 Å². The summed E-state index contributed by atoms with van der Waals surface area (Å²) in [7, 11) is 0. The van der Waals surface area contributed by atoms with Gasteiger partial charge in [-0.05, 0) is 25.2 Å². The van der Waals surface area contributed by atoms with Crippen molar-refractivity contribution in [3.8, 4) is 0 Å². The van der Waals surface area contributed by atoms with Crippen LogP contribution in [0.15, 0.2) is 12.7 Å². The van der Waals surface area contributed by atoms with E-state index in [1.807, 2.05) is 13.0 Å². The van der Waals surface area contributed by atoms with E-state index in [0.29, 0.717) is 0 Å². The maximum atomic E-state index is 10.4. The minimum absolute atomic E-state index is 0.0896. The molecule has 2 saturated heterocycles. The Labute approximate surface area is 173 Å². The highest BCUT2D eigenvalue weighted by molar-refractivity contribution is 4.93. The Hall–Kier alpha value is -0.580. The van der Waals surface area contributed by atoms with E-state index in [1.165, 1.54) is 19.3 Å². The average Bonchev–Trinajstić information content (AvgIpc) is 3.15.